The number of benzene rings is 2. The second-order valence-corrected chi connectivity index (χ2v) is 8.44. The molecule has 0 saturated heterocycles. The van der Waals surface area contributed by atoms with Crippen molar-refractivity contribution in [2.24, 2.45) is 0 Å². The summed E-state index contributed by atoms with van der Waals surface area (Å²) >= 11 is 12.5. The van der Waals surface area contributed by atoms with Crippen LogP contribution in [0.1, 0.15) is 23.7 Å². The zero-order valence-corrected chi connectivity index (χ0v) is 19.9. The maximum absolute atomic E-state index is 12.6. The molecule has 33 heavy (non-hydrogen) atoms. The lowest BCUT2D eigenvalue weighted by atomic mass is 9.96. The van der Waals surface area contributed by atoms with E-state index in [1.54, 1.807) is 37.8 Å². The summed E-state index contributed by atoms with van der Waals surface area (Å²) in [6, 6.07) is 12.9. The molecule has 2 heterocycles. The van der Waals surface area contributed by atoms with E-state index in [1.165, 1.54) is 0 Å². The SMILES string of the molecule is COc1c(/C(C)=C/C(=O)NCc2ccccn2)cc2c(-c3ccc(Cl)cc3Cl)coc2c1C. The van der Waals surface area contributed by atoms with Gasteiger partial charge in [-0.05, 0) is 49.8 Å². The van der Waals surface area contributed by atoms with Gasteiger partial charge in [-0.3, -0.25) is 9.78 Å². The number of carbonyl (C=O) groups is 1. The lowest BCUT2D eigenvalue weighted by molar-refractivity contribution is -0.116. The maximum atomic E-state index is 12.6. The van der Waals surface area contributed by atoms with Crippen molar-refractivity contribution in [3.8, 4) is 16.9 Å². The molecule has 2 aromatic carbocycles. The number of amides is 1. The van der Waals surface area contributed by atoms with Crippen LogP contribution < -0.4 is 10.1 Å². The van der Waals surface area contributed by atoms with Gasteiger partial charge in [-0.1, -0.05) is 35.3 Å². The van der Waals surface area contributed by atoms with E-state index >= 15 is 0 Å². The molecule has 0 fully saturated rings. The van der Waals surface area contributed by atoms with Crippen molar-refractivity contribution in [2.75, 3.05) is 7.11 Å². The molecule has 0 radical (unpaired) electrons. The first kappa shape index (κ1) is 22.9. The Kier molecular flexibility index (Phi) is 6.72. The normalized spacial score (nSPS) is 11.6. The average molecular weight is 481 g/mol. The second-order valence-electron chi connectivity index (χ2n) is 7.60. The third kappa shape index (κ3) is 4.75. The number of carbonyl (C=O) groups excluding carboxylic acids is 1. The molecule has 5 nitrogen and oxygen atoms in total. The van der Waals surface area contributed by atoms with Crippen molar-refractivity contribution in [3.63, 3.8) is 0 Å². The minimum absolute atomic E-state index is 0.217. The number of aryl methyl sites for hydroxylation is 1. The van der Waals surface area contributed by atoms with Crippen LogP contribution in [0.25, 0.3) is 27.7 Å². The molecule has 0 unspecified atom stereocenters. The van der Waals surface area contributed by atoms with E-state index in [4.69, 9.17) is 32.4 Å². The minimum atomic E-state index is -0.217. The molecule has 0 atom stereocenters. The van der Waals surface area contributed by atoms with Crippen molar-refractivity contribution in [2.45, 2.75) is 20.4 Å². The largest absolute Gasteiger partial charge is 0.496 e. The van der Waals surface area contributed by atoms with Gasteiger partial charge in [0.15, 0.2) is 0 Å². The van der Waals surface area contributed by atoms with E-state index in [2.05, 4.69) is 10.3 Å². The number of fused-ring (bicyclic) bond motifs is 1. The lowest BCUT2D eigenvalue weighted by Gasteiger charge is -2.13. The highest BCUT2D eigenvalue weighted by molar-refractivity contribution is 6.36. The summed E-state index contributed by atoms with van der Waals surface area (Å²) < 4.78 is 11.6. The zero-order valence-electron chi connectivity index (χ0n) is 18.4. The van der Waals surface area contributed by atoms with Crippen LogP contribution in [0.2, 0.25) is 10.0 Å². The fraction of sp³-hybridized carbons (Fsp3) is 0.154. The summed E-state index contributed by atoms with van der Waals surface area (Å²) in [6.45, 7) is 4.15. The Labute approximate surface area is 202 Å². The van der Waals surface area contributed by atoms with Crippen LogP contribution in [-0.2, 0) is 11.3 Å². The van der Waals surface area contributed by atoms with E-state index in [9.17, 15) is 4.79 Å². The Balaban J connectivity index is 1.73. The molecule has 0 bridgehead atoms. The van der Waals surface area contributed by atoms with Crippen LogP contribution in [-0.4, -0.2) is 18.0 Å². The molecule has 0 saturated carbocycles. The van der Waals surface area contributed by atoms with Crippen molar-refractivity contribution in [1.29, 1.82) is 0 Å². The van der Waals surface area contributed by atoms with Gasteiger partial charge in [0.25, 0.3) is 0 Å². The van der Waals surface area contributed by atoms with E-state index in [0.29, 0.717) is 27.9 Å². The molecule has 4 rings (SSSR count). The number of halogens is 2. The number of nitrogens with one attached hydrogen (secondary N) is 1. The van der Waals surface area contributed by atoms with Crippen LogP contribution in [0.15, 0.2) is 65.4 Å². The Morgan fingerprint density at radius 1 is 1.18 bits per heavy atom. The van der Waals surface area contributed by atoms with Crippen LogP contribution in [0.3, 0.4) is 0 Å². The van der Waals surface area contributed by atoms with E-state index in [-0.39, 0.29) is 5.91 Å². The summed E-state index contributed by atoms with van der Waals surface area (Å²) in [5.74, 6) is 0.433. The zero-order chi connectivity index (χ0) is 23.5. The molecule has 1 N–H and O–H groups in total. The Morgan fingerprint density at radius 3 is 2.70 bits per heavy atom. The van der Waals surface area contributed by atoms with Gasteiger partial charge in [0.05, 0.1) is 30.6 Å². The van der Waals surface area contributed by atoms with Gasteiger partial charge < -0.3 is 14.5 Å². The number of methoxy groups -OCH3 is 1. The van der Waals surface area contributed by atoms with E-state index in [0.717, 1.165) is 38.9 Å². The number of hydrogen-bond acceptors (Lipinski definition) is 4. The van der Waals surface area contributed by atoms with Crippen LogP contribution in [0, 0.1) is 6.92 Å². The smallest absolute Gasteiger partial charge is 0.244 e. The third-order valence-electron chi connectivity index (χ3n) is 5.41. The van der Waals surface area contributed by atoms with Gasteiger partial charge in [-0.15, -0.1) is 0 Å². The highest BCUT2D eigenvalue weighted by Gasteiger charge is 2.20. The molecule has 4 aromatic rings. The minimum Gasteiger partial charge on any atom is -0.496 e. The van der Waals surface area contributed by atoms with Crippen LogP contribution >= 0.6 is 23.2 Å². The predicted molar refractivity (Wildman–Crippen MR) is 133 cm³/mol. The predicted octanol–water partition coefficient (Wildman–Crippen LogP) is 6.84. The third-order valence-corrected chi connectivity index (χ3v) is 5.96. The van der Waals surface area contributed by atoms with Crippen molar-refractivity contribution in [1.82, 2.24) is 10.3 Å². The molecule has 168 valence electrons. The highest BCUT2D eigenvalue weighted by atomic mass is 35.5. The quantitative estimate of drug-likeness (QED) is 0.306. The fourth-order valence-electron chi connectivity index (χ4n) is 3.79. The topological polar surface area (TPSA) is 64.4 Å². The molecule has 1 amide bonds. The van der Waals surface area contributed by atoms with Gasteiger partial charge in [-0.2, -0.15) is 0 Å². The van der Waals surface area contributed by atoms with Crippen molar-refractivity contribution >= 4 is 45.7 Å². The average Bonchev–Trinajstić information content (AvgIpc) is 3.22. The van der Waals surface area contributed by atoms with Crippen LogP contribution in [0.5, 0.6) is 5.75 Å². The Hall–Kier alpha value is -3.28. The second kappa shape index (κ2) is 9.69. The van der Waals surface area contributed by atoms with Gasteiger partial charge in [0.2, 0.25) is 5.91 Å². The van der Waals surface area contributed by atoms with E-state index < -0.39 is 0 Å². The van der Waals surface area contributed by atoms with Crippen LogP contribution in [0.4, 0.5) is 0 Å². The highest BCUT2D eigenvalue weighted by Crippen LogP contribution is 2.42. The standard InChI is InChI=1S/C26H22Cl2N2O3/c1-15(10-24(31)30-13-18-6-4-5-9-29-18)20-12-21-22(19-8-7-17(27)11-23(19)28)14-33-26(21)16(2)25(20)32-3/h4-12,14H,13H2,1-3H3,(H,30,31)/b15-10+. The summed E-state index contributed by atoms with van der Waals surface area (Å²) in [5.41, 5.74) is 5.52. The molecule has 0 aliphatic heterocycles. The first-order valence-electron chi connectivity index (χ1n) is 10.3. The molecule has 0 aliphatic rings. The number of nitrogens with zero attached hydrogens (tertiary/aromatic N) is 1. The fourth-order valence-corrected chi connectivity index (χ4v) is 4.30. The van der Waals surface area contributed by atoms with Gasteiger partial charge in [0.1, 0.15) is 11.3 Å². The maximum Gasteiger partial charge on any atom is 0.244 e. The molecular weight excluding hydrogens is 459 g/mol. The van der Waals surface area contributed by atoms with Crippen molar-refractivity contribution in [3.05, 3.63) is 87.9 Å². The van der Waals surface area contributed by atoms with Gasteiger partial charge >= 0.3 is 0 Å². The summed E-state index contributed by atoms with van der Waals surface area (Å²) in [4.78, 5) is 16.8. The number of ether oxygens (including phenoxy) is 1. The first-order chi connectivity index (χ1) is 15.9. The number of furan rings is 1. The molecule has 7 heteroatoms. The summed E-state index contributed by atoms with van der Waals surface area (Å²) in [6.07, 6.45) is 4.93. The number of allylic oxidation sites excluding steroid dienone is 1. The number of aromatic nitrogens is 1. The molecule has 0 aliphatic carbocycles. The number of pyridine rings is 1. The van der Waals surface area contributed by atoms with E-state index in [1.807, 2.05) is 44.2 Å². The number of rotatable bonds is 6. The monoisotopic (exact) mass is 480 g/mol. The Bertz CT molecular complexity index is 1360. The molecule has 0 spiro atoms. The lowest BCUT2D eigenvalue weighted by Crippen LogP contribution is -2.21. The molecule has 2 aromatic heterocycles. The first-order valence-corrected chi connectivity index (χ1v) is 11.0. The van der Waals surface area contributed by atoms with Gasteiger partial charge in [0, 0.05) is 44.9 Å². The Morgan fingerprint density at radius 2 is 2.00 bits per heavy atom. The van der Waals surface area contributed by atoms with Gasteiger partial charge in [-0.25, -0.2) is 0 Å². The van der Waals surface area contributed by atoms with Crippen molar-refractivity contribution < 1.29 is 13.9 Å². The summed E-state index contributed by atoms with van der Waals surface area (Å²) in [5, 5.41) is 4.83. The molecular formula is C26H22Cl2N2O3. The number of hydrogen-bond donors (Lipinski definition) is 1. The summed E-state index contributed by atoms with van der Waals surface area (Å²) in [7, 11) is 1.60.